The molecule has 0 aliphatic carbocycles. The maximum atomic E-state index is 13.1. The third-order valence-corrected chi connectivity index (χ3v) is 3.88. The molecule has 1 aromatic heterocycles. The zero-order valence-corrected chi connectivity index (χ0v) is 13.2. The van der Waals surface area contributed by atoms with Gasteiger partial charge >= 0.3 is 0 Å². The van der Waals surface area contributed by atoms with E-state index in [1.54, 1.807) is 6.07 Å². The van der Waals surface area contributed by atoms with Crippen LogP contribution < -0.4 is 5.32 Å². The van der Waals surface area contributed by atoms with Crippen LogP contribution in [0, 0.1) is 12.7 Å². The predicted molar refractivity (Wildman–Crippen MR) is 83.1 cm³/mol. The average Bonchev–Trinajstić information content (AvgIpc) is 2.46. The average molecular weight is 308 g/mol. The van der Waals surface area contributed by atoms with Crippen LogP contribution in [0.2, 0.25) is 5.02 Å². The monoisotopic (exact) mass is 307 g/mol. The Balaban J connectivity index is 2.34. The highest BCUT2D eigenvalue weighted by Crippen LogP contribution is 2.26. The highest BCUT2D eigenvalue weighted by atomic mass is 35.5. The summed E-state index contributed by atoms with van der Waals surface area (Å²) >= 11 is 6.13. The van der Waals surface area contributed by atoms with Crippen molar-refractivity contribution in [2.75, 3.05) is 7.05 Å². The van der Waals surface area contributed by atoms with E-state index < -0.39 is 0 Å². The van der Waals surface area contributed by atoms with Crippen molar-refractivity contribution in [1.82, 2.24) is 15.5 Å². The SMILES string of the molecule is CCc1nnc(C)cc1C(Cc1ccc(F)cc1Cl)NC. The fraction of sp³-hybridized carbons (Fsp3) is 0.375. The molecular weight excluding hydrogens is 289 g/mol. The van der Waals surface area contributed by atoms with Crippen LogP contribution in [0.4, 0.5) is 4.39 Å². The first-order valence-electron chi connectivity index (χ1n) is 6.99. The minimum absolute atomic E-state index is 0.0668. The van der Waals surface area contributed by atoms with Crippen LogP contribution in [0.25, 0.3) is 0 Å². The Morgan fingerprint density at radius 3 is 2.67 bits per heavy atom. The van der Waals surface area contributed by atoms with Crippen molar-refractivity contribution in [3.05, 3.63) is 57.6 Å². The van der Waals surface area contributed by atoms with Crippen LogP contribution in [0.3, 0.4) is 0 Å². The Labute approximate surface area is 129 Å². The highest BCUT2D eigenvalue weighted by molar-refractivity contribution is 6.31. The number of hydrogen-bond donors (Lipinski definition) is 1. The zero-order valence-electron chi connectivity index (χ0n) is 12.5. The Kier molecular flexibility index (Phi) is 5.26. The van der Waals surface area contributed by atoms with E-state index in [1.165, 1.54) is 12.1 Å². The minimum Gasteiger partial charge on any atom is -0.313 e. The molecule has 0 spiro atoms. The molecule has 1 atom stereocenters. The molecule has 1 unspecified atom stereocenters. The molecule has 3 nitrogen and oxygen atoms in total. The lowest BCUT2D eigenvalue weighted by Crippen LogP contribution is -2.21. The lowest BCUT2D eigenvalue weighted by molar-refractivity contribution is 0.576. The van der Waals surface area contributed by atoms with E-state index >= 15 is 0 Å². The number of hydrogen-bond acceptors (Lipinski definition) is 3. The number of nitrogens with one attached hydrogen (secondary N) is 1. The van der Waals surface area contributed by atoms with E-state index in [9.17, 15) is 4.39 Å². The van der Waals surface area contributed by atoms with Gasteiger partial charge in [0, 0.05) is 11.1 Å². The Bertz CT molecular complexity index is 631. The van der Waals surface area contributed by atoms with E-state index in [2.05, 4.69) is 22.4 Å². The molecule has 0 amide bonds. The Morgan fingerprint density at radius 2 is 2.05 bits per heavy atom. The quantitative estimate of drug-likeness (QED) is 0.916. The number of rotatable bonds is 5. The topological polar surface area (TPSA) is 37.8 Å². The zero-order chi connectivity index (χ0) is 15.4. The number of halogens is 2. The molecule has 0 aliphatic rings. The summed E-state index contributed by atoms with van der Waals surface area (Å²) in [6, 6.07) is 6.63. The fourth-order valence-corrected chi connectivity index (χ4v) is 2.63. The number of likely N-dealkylation sites (N-methyl/N-ethyl adjacent to an activating group) is 1. The van der Waals surface area contributed by atoms with Crippen LogP contribution >= 0.6 is 11.6 Å². The third kappa shape index (κ3) is 3.77. The smallest absolute Gasteiger partial charge is 0.124 e. The van der Waals surface area contributed by atoms with Crippen molar-refractivity contribution >= 4 is 11.6 Å². The molecule has 0 bridgehead atoms. The van der Waals surface area contributed by atoms with Gasteiger partial charge in [-0.2, -0.15) is 10.2 Å². The Morgan fingerprint density at radius 1 is 1.29 bits per heavy atom. The van der Waals surface area contributed by atoms with Crippen molar-refractivity contribution in [2.45, 2.75) is 32.7 Å². The molecule has 0 radical (unpaired) electrons. The third-order valence-electron chi connectivity index (χ3n) is 3.52. The fourth-order valence-electron chi connectivity index (χ4n) is 2.39. The van der Waals surface area contributed by atoms with Gasteiger partial charge < -0.3 is 5.32 Å². The number of aryl methyl sites for hydroxylation is 2. The minimum atomic E-state index is -0.319. The van der Waals surface area contributed by atoms with Gasteiger partial charge in [0.05, 0.1) is 11.4 Å². The standard InChI is InChI=1S/C16H19ClFN3/c1-4-15-13(7-10(2)20-21-15)16(19-3)8-11-5-6-12(18)9-14(11)17/h5-7,9,16,19H,4,8H2,1-3H3. The second kappa shape index (κ2) is 6.96. The molecule has 0 fully saturated rings. The van der Waals surface area contributed by atoms with E-state index in [4.69, 9.17) is 11.6 Å². The van der Waals surface area contributed by atoms with Crippen LogP contribution in [-0.2, 0) is 12.8 Å². The molecule has 1 aromatic carbocycles. The van der Waals surface area contributed by atoms with E-state index in [0.717, 1.165) is 28.9 Å². The normalized spacial score (nSPS) is 12.4. The van der Waals surface area contributed by atoms with Crippen molar-refractivity contribution in [3.63, 3.8) is 0 Å². The first kappa shape index (κ1) is 15.9. The van der Waals surface area contributed by atoms with Gasteiger partial charge in [-0.3, -0.25) is 0 Å². The molecule has 0 saturated heterocycles. The van der Waals surface area contributed by atoms with Gasteiger partial charge in [-0.15, -0.1) is 0 Å². The van der Waals surface area contributed by atoms with Gasteiger partial charge in [-0.1, -0.05) is 24.6 Å². The van der Waals surface area contributed by atoms with Crippen molar-refractivity contribution in [3.8, 4) is 0 Å². The highest BCUT2D eigenvalue weighted by Gasteiger charge is 2.17. The maximum absolute atomic E-state index is 13.1. The van der Waals surface area contributed by atoms with Crippen LogP contribution in [-0.4, -0.2) is 17.2 Å². The van der Waals surface area contributed by atoms with Crippen LogP contribution in [0.15, 0.2) is 24.3 Å². The lowest BCUT2D eigenvalue weighted by Gasteiger charge is -2.20. The van der Waals surface area contributed by atoms with Crippen LogP contribution in [0.5, 0.6) is 0 Å². The van der Waals surface area contributed by atoms with E-state index in [0.29, 0.717) is 11.4 Å². The molecule has 112 valence electrons. The van der Waals surface area contributed by atoms with Crippen molar-refractivity contribution in [1.29, 1.82) is 0 Å². The summed E-state index contributed by atoms with van der Waals surface area (Å²) in [4.78, 5) is 0. The first-order valence-corrected chi connectivity index (χ1v) is 7.37. The molecule has 1 N–H and O–H groups in total. The molecule has 5 heteroatoms. The first-order chi connectivity index (χ1) is 10.0. The number of benzene rings is 1. The van der Waals surface area contributed by atoms with Gasteiger partial charge in [0.2, 0.25) is 0 Å². The Hall–Kier alpha value is -1.52. The molecule has 0 aliphatic heterocycles. The summed E-state index contributed by atoms with van der Waals surface area (Å²) in [6.07, 6.45) is 1.49. The van der Waals surface area contributed by atoms with Crippen LogP contribution in [0.1, 0.15) is 35.5 Å². The molecule has 2 aromatic rings. The molecule has 1 heterocycles. The largest absolute Gasteiger partial charge is 0.313 e. The van der Waals surface area contributed by atoms with Gasteiger partial charge in [-0.25, -0.2) is 4.39 Å². The van der Waals surface area contributed by atoms with Crippen molar-refractivity contribution in [2.24, 2.45) is 0 Å². The number of nitrogens with zero attached hydrogens (tertiary/aromatic N) is 2. The van der Waals surface area contributed by atoms with Gasteiger partial charge in [0.15, 0.2) is 0 Å². The van der Waals surface area contributed by atoms with Gasteiger partial charge in [0.25, 0.3) is 0 Å². The van der Waals surface area contributed by atoms with Gasteiger partial charge in [-0.05, 0) is 56.1 Å². The summed E-state index contributed by atoms with van der Waals surface area (Å²) in [5.41, 5.74) is 3.88. The second-order valence-electron chi connectivity index (χ2n) is 5.02. The summed E-state index contributed by atoms with van der Waals surface area (Å²) in [7, 11) is 1.90. The molecule has 21 heavy (non-hydrogen) atoms. The molecular formula is C16H19ClFN3. The van der Waals surface area contributed by atoms with Crippen molar-refractivity contribution < 1.29 is 4.39 Å². The predicted octanol–water partition coefficient (Wildman–Crippen LogP) is 3.64. The van der Waals surface area contributed by atoms with E-state index in [-0.39, 0.29) is 11.9 Å². The maximum Gasteiger partial charge on any atom is 0.124 e. The summed E-state index contributed by atoms with van der Waals surface area (Å²) in [5.74, 6) is -0.319. The lowest BCUT2D eigenvalue weighted by atomic mass is 9.96. The molecule has 2 rings (SSSR count). The van der Waals surface area contributed by atoms with E-state index in [1.807, 2.05) is 20.0 Å². The van der Waals surface area contributed by atoms with Gasteiger partial charge in [0.1, 0.15) is 5.82 Å². The molecule has 0 saturated carbocycles. The number of aromatic nitrogens is 2. The second-order valence-corrected chi connectivity index (χ2v) is 5.43. The summed E-state index contributed by atoms with van der Waals surface area (Å²) in [5, 5.41) is 12.1. The summed E-state index contributed by atoms with van der Waals surface area (Å²) < 4.78 is 13.1. The summed E-state index contributed by atoms with van der Waals surface area (Å²) in [6.45, 7) is 3.98.